The number of aryl methyl sites for hydroxylation is 1. The van der Waals surface area contributed by atoms with E-state index in [2.05, 4.69) is 40.1 Å². The monoisotopic (exact) mass is 342 g/mol. The molecule has 5 heteroatoms. The maximum absolute atomic E-state index is 6.02. The molecule has 1 aliphatic heterocycles. The zero-order chi connectivity index (χ0) is 17.2. The molecule has 1 aromatic heterocycles. The van der Waals surface area contributed by atoms with Gasteiger partial charge in [0.2, 0.25) is 0 Å². The molecule has 2 heterocycles. The molecule has 2 fully saturated rings. The van der Waals surface area contributed by atoms with Crippen molar-refractivity contribution in [3.05, 3.63) is 23.8 Å². The van der Waals surface area contributed by atoms with Gasteiger partial charge in [-0.2, -0.15) is 0 Å². The van der Waals surface area contributed by atoms with Gasteiger partial charge in [0.25, 0.3) is 0 Å². The molecule has 2 aromatic rings. The van der Waals surface area contributed by atoms with E-state index in [-0.39, 0.29) is 0 Å². The Morgan fingerprint density at radius 2 is 1.88 bits per heavy atom. The van der Waals surface area contributed by atoms with Crippen LogP contribution >= 0.6 is 0 Å². The molecule has 1 aromatic carbocycles. The number of aromatic nitrogens is 1. The average Bonchev–Trinajstić information content (AvgIpc) is 3.04. The first-order valence-electron chi connectivity index (χ1n) is 9.78. The van der Waals surface area contributed by atoms with Crippen LogP contribution in [0, 0.1) is 12.8 Å². The van der Waals surface area contributed by atoms with Crippen molar-refractivity contribution in [2.24, 2.45) is 11.7 Å². The Hall–Kier alpha value is -1.59. The van der Waals surface area contributed by atoms with Crippen molar-refractivity contribution in [3.63, 3.8) is 0 Å². The molecule has 1 saturated carbocycles. The van der Waals surface area contributed by atoms with Crippen molar-refractivity contribution in [2.75, 3.05) is 37.6 Å². The predicted molar refractivity (Wildman–Crippen MR) is 102 cm³/mol. The van der Waals surface area contributed by atoms with Gasteiger partial charge in [-0.1, -0.05) is 11.2 Å². The highest BCUT2D eigenvalue weighted by atomic mass is 16.5. The van der Waals surface area contributed by atoms with Crippen molar-refractivity contribution in [1.29, 1.82) is 0 Å². The SMILES string of the molecule is Cc1ccc2c(N3CCN(CC[C@H]4CC[C@H](N)CC4)CC3)noc2c1. The first-order valence-corrected chi connectivity index (χ1v) is 9.78. The fraction of sp³-hybridized carbons (Fsp3) is 0.650. The molecule has 0 atom stereocenters. The molecule has 2 N–H and O–H groups in total. The normalized spacial score (nSPS) is 25.6. The molecule has 0 radical (unpaired) electrons. The molecular weight excluding hydrogens is 312 g/mol. The van der Waals surface area contributed by atoms with E-state index in [1.54, 1.807) is 0 Å². The van der Waals surface area contributed by atoms with Gasteiger partial charge in [-0.3, -0.25) is 4.90 Å². The summed E-state index contributed by atoms with van der Waals surface area (Å²) in [5.41, 5.74) is 8.12. The Labute approximate surface area is 150 Å². The summed E-state index contributed by atoms with van der Waals surface area (Å²) < 4.78 is 5.53. The highest BCUT2D eigenvalue weighted by Gasteiger charge is 2.23. The second kappa shape index (κ2) is 7.34. The highest BCUT2D eigenvalue weighted by Crippen LogP contribution is 2.28. The lowest BCUT2D eigenvalue weighted by atomic mass is 9.84. The first kappa shape index (κ1) is 16.9. The van der Waals surface area contributed by atoms with Crippen LogP contribution in [0.5, 0.6) is 0 Å². The number of benzene rings is 1. The number of anilines is 1. The van der Waals surface area contributed by atoms with E-state index in [1.807, 2.05) is 0 Å². The van der Waals surface area contributed by atoms with E-state index in [0.29, 0.717) is 6.04 Å². The molecule has 0 amide bonds. The number of rotatable bonds is 4. The van der Waals surface area contributed by atoms with Gasteiger partial charge < -0.3 is 15.2 Å². The minimum atomic E-state index is 0.459. The second-order valence-electron chi connectivity index (χ2n) is 7.90. The predicted octanol–water partition coefficient (Wildman–Crippen LogP) is 3.17. The summed E-state index contributed by atoms with van der Waals surface area (Å²) in [5.74, 6) is 1.90. The van der Waals surface area contributed by atoms with Gasteiger partial charge in [0.1, 0.15) is 0 Å². The van der Waals surface area contributed by atoms with Crippen molar-refractivity contribution in [2.45, 2.75) is 45.1 Å². The summed E-state index contributed by atoms with van der Waals surface area (Å²) in [6.45, 7) is 7.61. The summed E-state index contributed by atoms with van der Waals surface area (Å²) in [5, 5.41) is 5.47. The Morgan fingerprint density at radius 3 is 2.64 bits per heavy atom. The molecule has 5 nitrogen and oxygen atoms in total. The Bertz CT molecular complexity index is 697. The maximum Gasteiger partial charge on any atom is 0.180 e. The van der Waals surface area contributed by atoms with Crippen LogP contribution < -0.4 is 10.6 Å². The van der Waals surface area contributed by atoms with E-state index in [0.717, 1.165) is 48.9 Å². The standard InChI is InChI=1S/C20H30N4O/c1-15-2-7-18-19(14-15)25-22-20(18)24-12-10-23(11-13-24)9-8-16-3-5-17(21)6-4-16/h2,7,14,16-17H,3-6,8-13,21H2,1H3/t16-,17-. The van der Waals surface area contributed by atoms with Crippen LogP contribution in [0.2, 0.25) is 0 Å². The number of nitrogens with two attached hydrogens (primary N) is 1. The third kappa shape index (κ3) is 3.82. The minimum absolute atomic E-state index is 0.459. The van der Waals surface area contributed by atoms with Crippen molar-refractivity contribution in [3.8, 4) is 0 Å². The van der Waals surface area contributed by atoms with Crippen LogP contribution in [0.3, 0.4) is 0 Å². The molecule has 0 unspecified atom stereocenters. The number of nitrogens with zero attached hydrogens (tertiary/aromatic N) is 3. The van der Waals surface area contributed by atoms with Gasteiger partial charge in [-0.25, -0.2) is 0 Å². The third-order valence-corrected chi connectivity index (χ3v) is 6.03. The zero-order valence-corrected chi connectivity index (χ0v) is 15.3. The molecule has 2 aliphatic rings. The summed E-state index contributed by atoms with van der Waals surface area (Å²) in [4.78, 5) is 4.98. The maximum atomic E-state index is 6.02. The fourth-order valence-electron chi connectivity index (χ4n) is 4.28. The molecule has 0 bridgehead atoms. The first-order chi connectivity index (χ1) is 12.2. The van der Waals surface area contributed by atoms with E-state index >= 15 is 0 Å². The topological polar surface area (TPSA) is 58.5 Å². The molecule has 25 heavy (non-hydrogen) atoms. The van der Waals surface area contributed by atoms with Crippen molar-refractivity contribution < 1.29 is 4.52 Å². The van der Waals surface area contributed by atoms with E-state index in [9.17, 15) is 0 Å². The van der Waals surface area contributed by atoms with E-state index < -0.39 is 0 Å². The van der Waals surface area contributed by atoms with Gasteiger partial charge >= 0.3 is 0 Å². The highest BCUT2D eigenvalue weighted by molar-refractivity contribution is 5.89. The third-order valence-electron chi connectivity index (χ3n) is 6.03. The second-order valence-corrected chi connectivity index (χ2v) is 7.90. The van der Waals surface area contributed by atoms with Gasteiger partial charge in [-0.15, -0.1) is 0 Å². The average molecular weight is 342 g/mol. The lowest BCUT2D eigenvalue weighted by Crippen LogP contribution is -2.47. The minimum Gasteiger partial charge on any atom is -0.354 e. The number of fused-ring (bicyclic) bond motifs is 1. The molecule has 1 saturated heterocycles. The molecule has 136 valence electrons. The van der Waals surface area contributed by atoms with Gasteiger partial charge in [0.15, 0.2) is 11.4 Å². The number of hydrogen-bond acceptors (Lipinski definition) is 5. The summed E-state index contributed by atoms with van der Waals surface area (Å²) in [7, 11) is 0. The van der Waals surface area contributed by atoms with Crippen LogP contribution in [0.4, 0.5) is 5.82 Å². The zero-order valence-electron chi connectivity index (χ0n) is 15.3. The fourth-order valence-corrected chi connectivity index (χ4v) is 4.28. The lowest BCUT2D eigenvalue weighted by Gasteiger charge is -2.36. The molecule has 1 aliphatic carbocycles. The largest absolute Gasteiger partial charge is 0.354 e. The summed E-state index contributed by atoms with van der Waals surface area (Å²) in [6, 6.07) is 6.80. The summed E-state index contributed by atoms with van der Waals surface area (Å²) in [6.07, 6.45) is 6.42. The van der Waals surface area contributed by atoms with Crippen LogP contribution in [-0.4, -0.2) is 48.8 Å². The van der Waals surface area contributed by atoms with Crippen LogP contribution in [-0.2, 0) is 0 Å². The number of hydrogen-bond donors (Lipinski definition) is 1. The molecule has 4 rings (SSSR count). The Kier molecular flexibility index (Phi) is 4.95. The smallest absolute Gasteiger partial charge is 0.180 e. The Morgan fingerprint density at radius 1 is 1.12 bits per heavy atom. The quantitative estimate of drug-likeness (QED) is 0.925. The van der Waals surface area contributed by atoms with Crippen molar-refractivity contribution in [1.82, 2.24) is 10.1 Å². The Balaban J connectivity index is 1.29. The van der Waals surface area contributed by atoms with Gasteiger partial charge in [0, 0.05) is 32.2 Å². The van der Waals surface area contributed by atoms with Crippen LogP contribution in [0.15, 0.2) is 22.7 Å². The van der Waals surface area contributed by atoms with Crippen LogP contribution in [0.25, 0.3) is 11.0 Å². The van der Waals surface area contributed by atoms with Crippen molar-refractivity contribution >= 4 is 16.8 Å². The van der Waals surface area contributed by atoms with E-state index in [4.69, 9.17) is 10.3 Å². The van der Waals surface area contributed by atoms with Gasteiger partial charge in [0.05, 0.1) is 5.39 Å². The molecular formula is C20H30N4O. The molecule has 0 spiro atoms. The summed E-state index contributed by atoms with van der Waals surface area (Å²) >= 11 is 0. The van der Waals surface area contributed by atoms with Crippen LogP contribution in [0.1, 0.15) is 37.7 Å². The van der Waals surface area contributed by atoms with Gasteiger partial charge in [-0.05, 0) is 69.2 Å². The lowest BCUT2D eigenvalue weighted by molar-refractivity contribution is 0.216. The van der Waals surface area contributed by atoms with E-state index in [1.165, 1.54) is 44.2 Å². The number of piperazine rings is 1.